The quantitative estimate of drug-likeness (QED) is 0.746. The molecule has 2 aromatic carbocycles. The van der Waals surface area contributed by atoms with Gasteiger partial charge in [-0.1, -0.05) is 48.6 Å². The van der Waals surface area contributed by atoms with E-state index in [4.69, 9.17) is 10.7 Å². The summed E-state index contributed by atoms with van der Waals surface area (Å²) >= 11 is 0. The highest BCUT2D eigenvalue weighted by Crippen LogP contribution is 2.46. The largest absolute Gasteiger partial charge is 0.369 e. The van der Waals surface area contributed by atoms with Gasteiger partial charge in [-0.05, 0) is 67.2 Å². The van der Waals surface area contributed by atoms with Crippen LogP contribution < -0.4 is 5.73 Å². The number of carbonyl (C=O) groups is 1. The number of nitriles is 2. The van der Waals surface area contributed by atoms with Crippen LogP contribution in [0.5, 0.6) is 0 Å². The number of hydrogen-bond donors (Lipinski definition) is 1. The molecule has 1 heterocycles. The second-order valence-corrected chi connectivity index (χ2v) is 9.56. The van der Waals surface area contributed by atoms with E-state index in [1.54, 1.807) is 13.1 Å². The zero-order valence-electron chi connectivity index (χ0n) is 19.8. The molecule has 0 bridgehead atoms. The Morgan fingerprint density at radius 1 is 1.15 bits per heavy atom. The van der Waals surface area contributed by atoms with E-state index in [1.807, 2.05) is 75.4 Å². The molecule has 0 radical (unpaired) electrons. The smallest absolute Gasteiger partial charge is 0.239 e. The van der Waals surface area contributed by atoms with Crippen LogP contribution >= 0.6 is 0 Å². The van der Waals surface area contributed by atoms with Gasteiger partial charge in [0.2, 0.25) is 5.91 Å². The van der Waals surface area contributed by atoms with Gasteiger partial charge in [-0.3, -0.25) is 9.69 Å². The van der Waals surface area contributed by atoms with E-state index in [0.717, 1.165) is 27.8 Å². The van der Waals surface area contributed by atoms with Crippen LogP contribution in [-0.4, -0.2) is 29.4 Å². The molecule has 0 saturated heterocycles. The van der Waals surface area contributed by atoms with Gasteiger partial charge >= 0.3 is 0 Å². The summed E-state index contributed by atoms with van der Waals surface area (Å²) in [5, 5.41) is 18.7. The molecule has 1 aliphatic heterocycles. The molecular weight excluding hydrogens is 422 g/mol. The van der Waals surface area contributed by atoms with Crippen molar-refractivity contribution in [3.05, 3.63) is 88.5 Å². The van der Waals surface area contributed by atoms with Gasteiger partial charge in [-0.15, -0.1) is 0 Å². The standard InChI is InChI=1S/C28H27N5O/c1-27(2,17-30)22-11-8-19(9-12-22)24-25(34)33(4)26(31)32-28(24,3)23-13-10-21(15-23)20-7-5-6-18(14-20)16-29/h5-14,24H,15H2,1-4H3,(H2,31,32)/t24-,28?/m0/s1. The third kappa shape index (κ3) is 3.78. The van der Waals surface area contributed by atoms with Crippen molar-refractivity contribution in [2.24, 2.45) is 10.7 Å². The molecule has 170 valence electrons. The maximum atomic E-state index is 13.5. The van der Waals surface area contributed by atoms with Crippen LogP contribution in [0.15, 0.2) is 71.2 Å². The number of allylic oxidation sites excluding steroid dienone is 3. The topological polar surface area (TPSA) is 106 Å². The second-order valence-electron chi connectivity index (χ2n) is 9.56. The SMILES string of the molecule is CN1C(=O)[C@H](c2ccc(C(C)(C)C#N)cc2)C(C)(C2=CC=C(c3cccc(C#N)c3)C2)N=C1N. The summed E-state index contributed by atoms with van der Waals surface area (Å²) in [4.78, 5) is 19.7. The Balaban J connectivity index is 1.72. The van der Waals surface area contributed by atoms with Gasteiger partial charge in [0.1, 0.15) is 0 Å². The van der Waals surface area contributed by atoms with Crippen molar-refractivity contribution in [1.29, 1.82) is 10.5 Å². The molecule has 0 saturated carbocycles. The summed E-state index contributed by atoms with van der Waals surface area (Å²) in [6.07, 6.45) is 4.65. The predicted molar refractivity (Wildman–Crippen MR) is 132 cm³/mol. The number of nitrogens with two attached hydrogens (primary N) is 1. The van der Waals surface area contributed by atoms with Crippen LogP contribution in [0.25, 0.3) is 5.57 Å². The normalized spacial score (nSPS) is 22.4. The lowest BCUT2D eigenvalue weighted by Gasteiger charge is -2.41. The van der Waals surface area contributed by atoms with Gasteiger partial charge < -0.3 is 5.73 Å². The summed E-state index contributed by atoms with van der Waals surface area (Å²) in [6, 6.07) is 19.7. The zero-order chi connectivity index (χ0) is 24.7. The van der Waals surface area contributed by atoms with E-state index >= 15 is 0 Å². The van der Waals surface area contributed by atoms with Crippen LogP contribution in [0, 0.1) is 22.7 Å². The van der Waals surface area contributed by atoms with E-state index < -0.39 is 16.9 Å². The van der Waals surface area contributed by atoms with Crippen LogP contribution in [0.1, 0.15) is 55.4 Å². The maximum absolute atomic E-state index is 13.5. The fraction of sp³-hybridized carbons (Fsp3) is 0.286. The Hall–Kier alpha value is -4.16. The number of likely N-dealkylation sites (N-methyl/N-ethyl adjacent to an activating group) is 1. The summed E-state index contributed by atoms with van der Waals surface area (Å²) in [5.41, 5.74) is 10.0. The summed E-state index contributed by atoms with van der Waals surface area (Å²) in [6.45, 7) is 5.69. The van der Waals surface area contributed by atoms with Crippen molar-refractivity contribution in [2.45, 2.75) is 44.1 Å². The van der Waals surface area contributed by atoms with Gasteiger partial charge in [-0.2, -0.15) is 10.5 Å². The first kappa shape index (κ1) is 23.0. The van der Waals surface area contributed by atoms with Crippen molar-refractivity contribution in [3.63, 3.8) is 0 Å². The van der Waals surface area contributed by atoms with Crippen molar-refractivity contribution in [3.8, 4) is 12.1 Å². The first-order valence-corrected chi connectivity index (χ1v) is 11.2. The Bertz CT molecular complexity index is 1330. The summed E-state index contributed by atoms with van der Waals surface area (Å²) < 4.78 is 0. The number of guanidine groups is 1. The number of carbonyl (C=O) groups excluding carboxylic acids is 1. The molecule has 2 atom stereocenters. The number of aliphatic imine (C=N–C) groups is 1. The van der Waals surface area contributed by atoms with Gasteiger partial charge in [0, 0.05) is 7.05 Å². The van der Waals surface area contributed by atoms with Gasteiger partial charge in [-0.25, -0.2) is 4.99 Å². The van der Waals surface area contributed by atoms with E-state index in [9.17, 15) is 15.3 Å². The lowest BCUT2D eigenvalue weighted by Crippen LogP contribution is -2.54. The molecule has 0 spiro atoms. The van der Waals surface area contributed by atoms with Crippen molar-refractivity contribution < 1.29 is 4.79 Å². The van der Waals surface area contributed by atoms with E-state index in [0.29, 0.717) is 12.0 Å². The fourth-order valence-electron chi connectivity index (χ4n) is 4.66. The minimum atomic E-state index is -0.870. The predicted octanol–water partition coefficient (Wildman–Crippen LogP) is 4.40. The average molecular weight is 450 g/mol. The minimum Gasteiger partial charge on any atom is -0.369 e. The van der Waals surface area contributed by atoms with Crippen LogP contribution in [-0.2, 0) is 10.2 Å². The highest BCUT2D eigenvalue weighted by molar-refractivity contribution is 6.03. The molecule has 1 amide bonds. The molecule has 34 heavy (non-hydrogen) atoms. The number of amides is 1. The van der Waals surface area contributed by atoms with Crippen LogP contribution in [0.2, 0.25) is 0 Å². The molecule has 2 aromatic rings. The summed E-state index contributed by atoms with van der Waals surface area (Å²) in [7, 11) is 1.64. The molecule has 6 heteroatoms. The monoisotopic (exact) mass is 449 g/mol. The van der Waals surface area contributed by atoms with Crippen molar-refractivity contribution >= 4 is 17.4 Å². The number of rotatable bonds is 4. The van der Waals surface area contributed by atoms with Gasteiger partial charge in [0.15, 0.2) is 5.96 Å². The number of benzene rings is 2. The van der Waals surface area contributed by atoms with Crippen LogP contribution in [0.3, 0.4) is 0 Å². The minimum absolute atomic E-state index is 0.122. The average Bonchev–Trinajstić information content (AvgIpc) is 3.34. The van der Waals surface area contributed by atoms with E-state index in [-0.39, 0.29) is 11.9 Å². The highest BCUT2D eigenvalue weighted by Gasteiger charge is 2.48. The third-order valence-corrected chi connectivity index (χ3v) is 6.95. The molecule has 0 fully saturated rings. The molecule has 1 aliphatic carbocycles. The first-order valence-electron chi connectivity index (χ1n) is 11.2. The number of hydrogen-bond acceptors (Lipinski definition) is 5. The molecular formula is C28H27N5O. The zero-order valence-corrected chi connectivity index (χ0v) is 19.8. The van der Waals surface area contributed by atoms with E-state index in [2.05, 4.69) is 12.1 Å². The van der Waals surface area contributed by atoms with Crippen LogP contribution in [0.4, 0.5) is 0 Å². The lowest BCUT2D eigenvalue weighted by atomic mass is 9.72. The Labute approximate surface area is 200 Å². The molecule has 0 aromatic heterocycles. The van der Waals surface area contributed by atoms with E-state index in [1.165, 1.54) is 4.90 Å². The Kier molecular flexibility index (Phi) is 5.63. The molecule has 4 rings (SSSR count). The fourth-order valence-corrected chi connectivity index (χ4v) is 4.66. The molecule has 6 nitrogen and oxygen atoms in total. The molecule has 2 N–H and O–H groups in total. The number of nitrogens with zero attached hydrogens (tertiary/aromatic N) is 4. The highest BCUT2D eigenvalue weighted by atomic mass is 16.2. The Morgan fingerprint density at radius 2 is 1.85 bits per heavy atom. The van der Waals surface area contributed by atoms with Crippen molar-refractivity contribution in [1.82, 2.24) is 4.90 Å². The van der Waals surface area contributed by atoms with Crippen molar-refractivity contribution in [2.75, 3.05) is 7.05 Å². The lowest BCUT2D eigenvalue weighted by molar-refractivity contribution is -0.130. The van der Waals surface area contributed by atoms with Gasteiger partial charge in [0.25, 0.3) is 0 Å². The molecule has 1 unspecified atom stereocenters. The van der Waals surface area contributed by atoms with Gasteiger partial charge in [0.05, 0.1) is 34.6 Å². The first-order chi connectivity index (χ1) is 16.1. The Morgan fingerprint density at radius 3 is 2.50 bits per heavy atom. The second kappa shape index (κ2) is 8.32. The third-order valence-electron chi connectivity index (χ3n) is 6.95. The molecule has 2 aliphatic rings. The maximum Gasteiger partial charge on any atom is 0.239 e. The summed E-state index contributed by atoms with van der Waals surface area (Å²) in [5.74, 6) is -0.497.